The van der Waals surface area contributed by atoms with Gasteiger partial charge in [-0.2, -0.15) is 0 Å². The van der Waals surface area contributed by atoms with Gasteiger partial charge in [0.15, 0.2) is 0 Å². The minimum absolute atomic E-state index is 0.750. The van der Waals surface area contributed by atoms with Crippen molar-refractivity contribution in [2.75, 3.05) is 5.73 Å². The van der Waals surface area contributed by atoms with Crippen molar-refractivity contribution in [1.29, 1.82) is 0 Å². The molecule has 0 unspecified atom stereocenters. The second-order valence-electron chi connectivity index (χ2n) is 9.46. The molecule has 0 bridgehead atoms. The van der Waals surface area contributed by atoms with Gasteiger partial charge >= 0.3 is 0 Å². The van der Waals surface area contributed by atoms with Crippen LogP contribution in [0.25, 0.3) is 47.8 Å². The van der Waals surface area contributed by atoms with Crippen molar-refractivity contribution in [2.24, 2.45) is 0 Å². The summed E-state index contributed by atoms with van der Waals surface area (Å²) < 4.78 is 2.50. The number of nitrogens with two attached hydrogens (primary N) is 1. The lowest BCUT2D eigenvalue weighted by Gasteiger charge is -2.05. The number of nitrogen functional groups attached to an aromatic ring is 1. The standard InChI is InChI=1S/C36H21NS2/c1-2-23-3-5-24(6-4-23)9-15-31-19-28-17-26-11-12-27-18-29-20-32(16-10-25-7-13-30(37)14-8-25)39-36(29)22-34(27)33(26)21-35(28)38-31/h2-8,11-14,17-22H,1,37H2. The molecule has 5 aromatic carbocycles. The van der Waals surface area contributed by atoms with Crippen molar-refractivity contribution < 1.29 is 0 Å². The van der Waals surface area contributed by atoms with Crippen molar-refractivity contribution in [2.45, 2.75) is 0 Å². The Labute approximate surface area is 234 Å². The lowest BCUT2D eigenvalue weighted by Crippen LogP contribution is -1.82. The van der Waals surface area contributed by atoms with E-state index in [4.69, 9.17) is 5.73 Å². The molecular formula is C36H21NS2. The Kier molecular flexibility index (Phi) is 5.68. The molecule has 0 amide bonds. The van der Waals surface area contributed by atoms with Crippen molar-refractivity contribution in [3.05, 3.63) is 130 Å². The molecular weight excluding hydrogens is 511 g/mol. The van der Waals surface area contributed by atoms with E-state index < -0.39 is 0 Å². The average molecular weight is 532 g/mol. The number of fused-ring (bicyclic) bond motifs is 5. The maximum absolute atomic E-state index is 5.79. The molecule has 0 radical (unpaired) electrons. The van der Waals surface area contributed by atoms with Crippen LogP contribution in [0.3, 0.4) is 0 Å². The minimum atomic E-state index is 0.750. The zero-order valence-corrected chi connectivity index (χ0v) is 22.5. The Bertz CT molecular complexity index is 2190. The highest BCUT2D eigenvalue weighted by atomic mass is 32.1. The fourth-order valence-corrected chi connectivity index (χ4v) is 6.67. The second kappa shape index (κ2) is 9.50. The summed E-state index contributed by atoms with van der Waals surface area (Å²) in [5.74, 6) is 13.2. The molecule has 7 rings (SSSR count). The van der Waals surface area contributed by atoms with E-state index in [1.807, 2.05) is 54.6 Å². The topological polar surface area (TPSA) is 26.0 Å². The molecule has 182 valence electrons. The molecule has 39 heavy (non-hydrogen) atoms. The van der Waals surface area contributed by atoms with Gasteiger partial charge in [-0.1, -0.05) is 60.6 Å². The first kappa shape index (κ1) is 23.3. The molecule has 2 heterocycles. The molecule has 0 aliphatic carbocycles. The molecule has 3 heteroatoms. The van der Waals surface area contributed by atoms with Crippen LogP contribution in [0.15, 0.2) is 104 Å². The predicted molar refractivity (Wildman–Crippen MR) is 172 cm³/mol. The highest BCUT2D eigenvalue weighted by molar-refractivity contribution is 7.20. The van der Waals surface area contributed by atoms with Gasteiger partial charge in [-0.05, 0) is 111 Å². The number of rotatable bonds is 1. The van der Waals surface area contributed by atoms with Crippen LogP contribution in [0.1, 0.15) is 26.4 Å². The lowest BCUT2D eigenvalue weighted by atomic mass is 10.00. The Morgan fingerprint density at radius 3 is 1.51 bits per heavy atom. The van der Waals surface area contributed by atoms with E-state index in [0.29, 0.717) is 0 Å². The smallest absolute Gasteiger partial charge is 0.0784 e. The summed E-state index contributed by atoms with van der Waals surface area (Å²) in [6.45, 7) is 3.81. The molecule has 1 nitrogen and oxygen atoms in total. The maximum Gasteiger partial charge on any atom is 0.0784 e. The van der Waals surface area contributed by atoms with E-state index >= 15 is 0 Å². The Hall–Kier alpha value is -4.80. The van der Waals surface area contributed by atoms with Gasteiger partial charge in [-0.3, -0.25) is 0 Å². The van der Waals surface area contributed by atoms with E-state index in [0.717, 1.165) is 32.1 Å². The number of benzene rings is 5. The average Bonchev–Trinajstić information content (AvgIpc) is 3.56. The van der Waals surface area contributed by atoms with Crippen molar-refractivity contribution >= 4 is 76.2 Å². The molecule has 0 aliphatic rings. The van der Waals surface area contributed by atoms with Crippen LogP contribution in [-0.4, -0.2) is 0 Å². The van der Waals surface area contributed by atoms with E-state index in [-0.39, 0.29) is 0 Å². The Morgan fingerprint density at radius 2 is 1.03 bits per heavy atom. The number of anilines is 1. The van der Waals surface area contributed by atoms with Crippen LogP contribution in [0, 0.1) is 23.7 Å². The molecule has 0 atom stereocenters. The predicted octanol–water partition coefficient (Wildman–Crippen LogP) is 9.45. The molecule has 0 spiro atoms. The normalized spacial score (nSPS) is 10.9. The molecule has 0 saturated heterocycles. The summed E-state index contributed by atoms with van der Waals surface area (Å²) in [4.78, 5) is 2.13. The van der Waals surface area contributed by atoms with Crippen LogP contribution < -0.4 is 5.73 Å². The van der Waals surface area contributed by atoms with Gasteiger partial charge in [0.05, 0.1) is 9.75 Å². The van der Waals surface area contributed by atoms with E-state index in [9.17, 15) is 0 Å². The summed E-state index contributed by atoms with van der Waals surface area (Å²) in [5, 5.41) is 7.48. The fourth-order valence-electron chi connectivity index (χ4n) is 4.79. The van der Waals surface area contributed by atoms with Gasteiger partial charge in [0.1, 0.15) is 0 Å². The first-order valence-corrected chi connectivity index (χ1v) is 14.2. The zero-order chi connectivity index (χ0) is 26.3. The third-order valence-corrected chi connectivity index (χ3v) is 8.85. The fraction of sp³-hybridized carbons (Fsp3) is 0. The van der Waals surface area contributed by atoms with Crippen LogP contribution in [0.4, 0.5) is 5.69 Å². The summed E-state index contributed by atoms with van der Waals surface area (Å²) in [6.07, 6.45) is 1.84. The Morgan fingerprint density at radius 1 is 0.538 bits per heavy atom. The van der Waals surface area contributed by atoms with E-state index in [1.165, 1.54) is 41.7 Å². The van der Waals surface area contributed by atoms with Crippen molar-refractivity contribution in [3.8, 4) is 23.7 Å². The lowest BCUT2D eigenvalue weighted by molar-refractivity contribution is 1.61. The molecule has 0 aliphatic heterocycles. The first-order chi connectivity index (χ1) is 19.1. The molecule has 7 aromatic rings. The highest BCUT2D eigenvalue weighted by Gasteiger charge is 2.09. The van der Waals surface area contributed by atoms with Gasteiger partial charge in [0.25, 0.3) is 0 Å². The van der Waals surface area contributed by atoms with E-state index in [1.54, 1.807) is 22.7 Å². The second-order valence-corrected chi connectivity index (χ2v) is 11.6. The zero-order valence-electron chi connectivity index (χ0n) is 20.9. The largest absolute Gasteiger partial charge is 0.399 e. The molecule has 0 fully saturated rings. The monoisotopic (exact) mass is 531 g/mol. The van der Waals surface area contributed by atoms with Crippen LogP contribution in [-0.2, 0) is 0 Å². The van der Waals surface area contributed by atoms with Crippen molar-refractivity contribution in [1.82, 2.24) is 0 Å². The third-order valence-electron chi connectivity index (χ3n) is 6.83. The summed E-state index contributed by atoms with van der Waals surface area (Å²) >= 11 is 3.49. The Balaban J connectivity index is 1.27. The quantitative estimate of drug-likeness (QED) is 0.127. The van der Waals surface area contributed by atoms with Gasteiger partial charge in [-0.15, -0.1) is 22.7 Å². The van der Waals surface area contributed by atoms with Crippen LogP contribution in [0.5, 0.6) is 0 Å². The molecule has 2 N–H and O–H groups in total. The summed E-state index contributed by atoms with van der Waals surface area (Å²) in [6, 6.07) is 33.9. The maximum atomic E-state index is 5.79. The summed E-state index contributed by atoms with van der Waals surface area (Å²) in [5.41, 5.74) is 9.62. The van der Waals surface area contributed by atoms with Gasteiger partial charge < -0.3 is 5.73 Å². The number of thiophene rings is 2. The van der Waals surface area contributed by atoms with Crippen molar-refractivity contribution in [3.63, 3.8) is 0 Å². The molecule has 2 aromatic heterocycles. The van der Waals surface area contributed by atoms with Gasteiger partial charge in [0, 0.05) is 26.2 Å². The number of hydrogen-bond acceptors (Lipinski definition) is 3. The third kappa shape index (κ3) is 4.56. The summed E-state index contributed by atoms with van der Waals surface area (Å²) in [7, 11) is 0. The SMILES string of the molecule is C=Cc1ccc(C#Cc2cc3cc4ccc5cc6cc(C#Cc7ccc(N)cc7)sc6cc5c4cc3s2)cc1. The van der Waals surface area contributed by atoms with Crippen LogP contribution >= 0.6 is 22.7 Å². The highest BCUT2D eigenvalue weighted by Crippen LogP contribution is 2.37. The van der Waals surface area contributed by atoms with E-state index in [2.05, 4.69) is 78.8 Å². The number of hydrogen-bond donors (Lipinski definition) is 1. The van der Waals surface area contributed by atoms with Crippen LogP contribution in [0.2, 0.25) is 0 Å². The first-order valence-electron chi connectivity index (χ1n) is 12.6. The van der Waals surface area contributed by atoms with Gasteiger partial charge in [-0.25, -0.2) is 0 Å². The van der Waals surface area contributed by atoms with Gasteiger partial charge in [0.2, 0.25) is 0 Å². The molecule has 0 saturated carbocycles. The minimum Gasteiger partial charge on any atom is -0.399 e.